The molecule has 0 bridgehead atoms. The third kappa shape index (κ3) is 2.82. The van der Waals surface area contributed by atoms with Crippen molar-refractivity contribution in [2.45, 2.75) is 29.5 Å². The van der Waals surface area contributed by atoms with Crippen LogP contribution in [0.3, 0.4) is 0 Å². The van der Waals surface area contributed by atoms with E-state index in [9.17, 15) is 4.79 Å². The third-order valence-electron chi connectivity index (χ3n) is 2.69. The van der Waals surface area contributed by atoms with Crippen LogP contribution >= 0.6 is 23.5 Å². The minimum atomic E-state index is 0.0377. The maximum atomic E-state index is 11.9. The molecule has 0 N–H and O–H groups in total. The highest BCUT2D eigenvalue weighted by atomic mass is 32.2. The van der Waals surface area contributed by atoms with Gasteiger partial charge in [0.25, 0.3) is 5.56 Å². The molecular formula is C12H12N4OS2. The van der Waals surface area contributed by atoms with Crippen molar-refractivity contribution in [3.8, 4) is 0 Å². The fourth-order valence-corrected chi connectivity index (χ4v) is 3.53. The second-order valence-electron chi connectivity index (χ2n) is 4.14. The summed E-state index contributed by atoms with van der Waals surface area (Å²) in [7, 11) is 0. The maximum Gasteiger partial charge on any atom is 0.254 e. The van der Waals surface area contributed by atoms with Crippen molar-refractivity contribution < 1.29 is 0 Å². The van der Waals surface area contributed by atoms with Crippen molar-refractivity contribution in [1.29, 1.82) is 0 Å². The van der Waals surface area contributed by atoms with Gasteiger partial charge in [-0.1, -0.05) is 23.5 Å². The van der Waals surface area contributed by atoms with Crippen molar-refractivity contribution in [3.63, 3.8) is 0 Å². The Morgan fingerprint density at radius 2 is 2.37 bits per heavy atom. The Morgan fingerprint density at radius 1 is 1.47 bits per heavy atom. The van der Waals surface area contributed by atoms with Crippen LogP contribution in [-0.2, 0) is 12.3 Å². The SMILES string of the molecule is Cc1ccnc(SCc2cc(=O)n3c(n2)SCC3)n1. The van der Waals surface area contributed by atoms with Gasteiger partial charge in [0.1, 0.15) is 0 Å². The third-order valence-corrected chi connectivity index (χ3v) is 4.55. The van der Waals surface area contributed by atoms with Crippen LogP contribution in [0.1, 0.15) is 11.4 Å². The van der Waals surface area contributed by atoms with E-state index in [1.807, 2.05) is 13.0 Å². The van der Waals surface area contributed by atoms with E-state index in [0.717, 1.165) is 34.0 Å². The summed E-state index contributed by atoms with van der Waals surface area (Å²) in [6.07, 6.45) is 1.74. The Hall–Kier alpha value is -1.34. The fourth-order valence-electron chi connectivity index (χ4n) is 1.78. The van der Waals surface area contributed by atoms with Crippen LogP contribution in [0.25, 0.3) is 0 Å². The van der Waals surface area contributed by atoms with E-state index in [1.54, 1.807) is 28.6 Å². The normalized spacial score (nSPS) is 13.5. The quantitative estimate of drug-likeness (QED) is 0.634. The van der Waals surface area contributed by atoms with Crippen molar-refractivity contribution in [2.75, 3.05) is 5.75 Å². The van der Waals surface area contributed by atoms with E-state index in [-0.39, 0.29) is 5.56 Å². The smallest absolute Gasteiger partial charge is 0.254 e. The standard InChI is InChI=1S/C12H12N4OS2/c1-8-2-3-13-11(14-8)19-7-9-6-10(17)16-4-5-18-12(16)15-9/h2-3,6H,4-5,7H2,1H3. The van der Waals surface area contributed by atoms with Crippen LogP contribution in [-0.4, -0.2) is 25.3 Å². The molecule has 0 atom stereocenters. The van der Waals surface area contributed by atoms with Crippen LogP contribution in [0.2, 0.25) is 0 Å². The number of hydrogen-bond donors (Lipinski definition) is 0. The number of aryl methyl sites for hydroxylation is 1. The first-order chi connectivity index (χ1) is 9.22. The molecule has 0 aliphatic carbocycles. The monoisotopic (exact) mass is 292 g/mol. The van der Waals surface area contributed by atoms with E-state index in [0.29, 0.717) is 5.75 Å². The van der Waals surface area contributed by atoms with Gasteiger partial charge in [0.15, 0.2) is 10.3 Å². The lowest BCUT2D eigenvalue weighted by Crippen LogP contribution is -2.20. The van der Waals surface area contributed by atoms with Gasteiger partial charge in [-0.2, -0.15) is 0 Å². The van der Waals surface area contributed by atoms with Gasteiger partial charge in [-0.15, -0.1) is 0 Å². The Labute approximate surface area is 118 Å². The van der Waals surface area contributed by atoms with Gasteiger partial charge in [-0.25, -0.2) is 15.0 Å². The predicted octanol–water partition coefficient (Wildman–Crippen LogP) is 1.74. The molecule has 0 aromatic carbocycles. The number of fused-ring (bicyclic) bond motifs is 1. The number of thioether (sulfide) groups is 2. The van der Waals surface area contributed by atoms with E-state index in [1.165, 1.54) is 11.8 Å². The molecule has 0 amide bonds. The number of aromatic nitrogens is 4. The van der Waals surface area contributed by atoms with Gasteiger partial charge in [0.05, 0.1) is 5.69 Å². The predicted molar refractivity (Wildman–Crippen MR) is 75.6 cm³/mol. The topological polar surface area (TPSA) is 60.7 Å². The molecule has 0 unspecified atom stereocenters. The van der Waals surface area contributed by atoms with Crippen LogP contribution < -0.4 is 5.56 Å². The summed E-state index contributed by atoms with van der Waals surface area (Å²) in [5, 5.41) is 1.54. The van der Waals surface area contributed by atoms with E-state index in [4.69, 9.17) is 0 Å². The zero-order valence-electron chi connectivity index (χ0n) is 10.4. The molecule has 0 spiro atoms. The molecule has 1 aliphatic heterocycles. The minimum Gasteiger partial charge on any atom is -0.287 e. The summed E-state index contributed by atoms with van der Waals surface area (Å²) in [5.74, 6) is 1.55. The lowest BCUT2D eigenvalue weighted by Gasteiger charge is -2.04. The molecule has 19 heavy (non-hydrogen) atoms. The Kier molecular flexibility index (Phi) is 3.56. The van der Waals surface area contributed by atoms with E-state index >= 15 is 0 Å². The van der Waals surface area contributed by atoms with Gasteiger partial charge in [-0.05, 0) is 13.0 Å². The van der Waals surface area contributed by atoms with Crippen molar-refractivity contribution in [2.24, 2.45) is 0 Å². The summed E-state index contributed by atoms with van der Waals surface area (Å²) >= 11 is 3.13. The highest BCUT2D eigenvalue weighted by molar-refractivity contribution is 7.99. The molecule has 0 saturated carbocycles. The number of nitrogens with zero attached hydrogens (tertiary/aromatic N) is 4. The van der Waals surface area contributed by atoms with Gasteiger partial charge < -0.3 is 0 Å². The van der Waals surface area contributed by atoms with Crippen LogP contribution in [0.15, 0.2) is 33.4 Å². The van der Waals surface area contributed by atoms with Crippen LogP contribution in [0, 0.1) is 6.92 Å². The van der Waals surface area contributed by atoms with Crippen LogP contribution in [0.5, 0.6) is 0 Å². The van der Waals surface area contributed by atoms with Gasteiger partial charge in [-0.3, -0.25) is 9.36 Å². The second kappa shape index (κ2) is 5.34. The Balaban J connectivity index is 1.77. The zero-order chi connectivity index (χ0) is 13.2. The highest BCUT2D eigenvalue weighted by Gasteiger charge is 2.15. The molecular weight excluding hydrogens is 280 g/mol. The molecule has 5 nitrogen and oxygen atoms in total. The first-order valence-corrected chi connectivity index (χ1v) is 7.85. The molecule has 2 aromatic rings. The van der Waals surface area contributed by atoms with Crippen molar-refractivity contribution in [1.82, 2.24) is 19.5 Å². The zero-order valence-corrected chi connectivity index (χ0v) is 12.0. The Bertz CT molecular complexity index is 671. The molecule has 0 fully saturated rings. The highest BCUT2D eigenvalue weighted by Crippen LogP contribution is 2.23. The summed E-state index contributed by atoms with van der Waals surface area (Å²) in [4.78, 5) is 24.9. The first kappa shape index (κ1) is 12.7. The molecule has 2 aromatic heterocycles. The first-order valence-electron chi connectivity index (χ1n) is 5.88. The van der Waals surface area contributed by atoms with Gasteiger partial charge >= 0.3 is 0 Å². The molecule has 7 heteroatoms. The average Bonchev–Trinajstić information content (AvgIpc) is 2.85. The molecule has 0 saturated heterocycles. The average molecular weight is 292 g/mol. The Morgan fingerprint density at radius 3 is 3.21 bits per heavy atom. The summed E-state index contributed by atoms with van der Waals surface area (Å²) < 4.78 is 1.72. The lowest BCUT2D eigenvalue weighted by atomic mass is 10.4. The molecule has 98 valence electrons. The number of hydrogen-bond acceptors (Lipinski definition) is 6. The van der Waals surface area contributed by atoms with Crippen molar-refractivity contribution >= 4 is 23.5 Å². The lowest BCUT2D eigenvalue weighted by molar-refractivity contribution is 0.648. The summed E-state index contributed by atoms with van der Waals surface area (Å²) in [6.45, 7) is 2.70. The molecule has 1 aliphatic rings. The fraction of sp³-hybridized carbons (Fsp3) is 0.333. The van der Waals surface area contributed by atoms with Crippen molar-refractivity contribution in [3.05, 3.63) is 40.1 Å². The van der Waals surface area contributed by atoms with E-state index < -0.39 is 0 Å². The van der Waals surface area contributed by atoms with Crippen LogP contribution in [0.4, 0.5) is 0 Å². The van der Waals surface area contributed by atoms with E-state index in [2.05, 4.69) is 15.0 Å². The molecule has 3 rings (SSSR count). The van der Waals surface area contributed by atoms with Gasteiger partial charge in [0, 0.05) is 36.0 Å². The summed E-state index contributed by atoms with van der Waals surface area (Å²) in [5.41, 5.74) is 1.77. The minimum absolute atomic E-state index is 0.0377. The summed E-state index contributed by atoms with van der Waals surface area (Å²) in [6, 6.07) is 3.47. The number of rotatable bonds is 3. The largest absolute Gasteiger partial charge is 0.287 e. The molecule has 3 heterocycles. The maximum absolute atomic E-state index is 11.9. The second-order valence-corrected chi connectivity index (χ2v) is 6.14. The molecule has 0 radical (unpaired) electrons. The van der Waals surface area contributed by atoms with Gasteiger partial charge in [0.2, 0.25) is 0 Å².